The van der Waals surface area contributed by atoms with Crippen molar-refractivity contribution in [3.8, 4) is 11.4 Å². The zero-order chi connectivity index (χ0) is 22.0. The molecule has 0 N–H and O–H groups in total. The van der Waals surface area contributed by atoms with Crippen LogP contribution in [0.1, 0.15) is 77.8 Å². The van der Waals surface area contributed by atoms with E-state index in [4.69, 9.17) is 9.72 Å². The highest BCUT2D eigenvalue weighted by molar-refractivity contribution is 5.85. The smallest absolute Gasteiger partial charge is 0.329 e. The predicted molar refractivity (Wildman–Crippen MR) is 126 cm³/mol. The Bertz CT molecular complexity index is 1040. The first-order chi connectivity index (χ1) is 14.9. The van der Waals surface area contributed by atoms with E-state index in [2.05, 4.69) is 49.6 Å². The third-order valence-electron chi connectivity index (χ3n) is 6.41. The Kier molecular flexibility index (Phi) is 6.17. The predicted octanol–water partition coefficient (Wildman–Crippen LogP) is 6.83. The molecule has 4 nitrogen and oxygen atoms in total. The maximum atomic E-state index is 13.3. The first-order valence-corrected chi connectivity index (χ1v) is 11.7. The van der Waals surface area contributed by atoms with Crippen LogP contribution in [0.25, 0.3) is 22.4 Å². The van der Waals surface area contributed by atoms with Crippen LogP contribution in [0.15, 0.2) is 48.5 Å². The van der Waals surface area contributed by atoms with E-state index in [-0.39, 0.29) is 23.5 Å². The number of esters is 1. The summed E-state index contributed by atoms with van der Waals surface area (Å²) in [6, 6.07) is 16.3. The lowest BCUT2D eigenvalue weighted by molar-refractivity contribution is -0.154. The number of benzene rings is 2. The summed E-state index contributed by atoms with van der Waals surface area (Å²) in [6.07, 6.45) is 6.22. The molecule has 1 aromatic heterocycles. The molecule has 1 aliphatic carbocycles. The number of rotatable bonds is 5. The van der Waals surface area contributed by atoms with Crippen molar-refractivity contribution >= 4 is 17.0 Å². The SMILES string of the molecule is CCC(C(=O)OC1CCCCC1)n1c(-c2ccc(C(C)(C)C)cc2)nc2ccccc21. The number of aromatic nitrogens is 2. The summed E-state index contributed by atoms with van der Waals surface area (Å²) in [7, 11) is 0. The molecule has 1 saturated carbocycles. The molecule has 3 aromatic rings. The van der Waals surface area contributed by atoms with Crippen LogP contribution in [0.3, 0.4) is 0 Å². The van der Waals surface area contributed by atoms with Gasteiger partial charge in [-0.3, -0.25) is 0 Å². The molecular formula is C27H34N2O2. The molecule has 0 bridgehead atoms. The zero-order valence-corrected chi connectivity index (χ0v) is 19.2. The summed E-state index contributed by atoms with van der Waals surface area (Å²) < 4.78 is 8.07. The van der Waals surface area contributed by atoms with Gasteiger partial charge in [0.1, 0.15) is 18.0 Å². The van der Waals surface area contributed by atoms with Gasteiger partial charge in [0, 0.05) is 5.56 Å². The van der Waals surface area contributed by atoms with Crippen LogP contribution >= 0.6 is 0 Å². The summed E-state index contributed by atoms with van der Waals surface area (Å²) in [4.78, 5) is 18.2. The minimum atomic E-state index is -0.383. The Morgan fingerprint density at radius 3 is 2.39 bits per heavy atom. The number of carbonyl (C=O) groups excluding carboxylic acids is 1. The minimum absolute atomic E-state index is 0.0552. The summed E-state index contributed by atoms with van der Waals surface area (Å²) >= 11 is 0. The van der Waals surface area contributed by atoms with E-state index >= 15 is 0 Å². The van der Waals surface area contributed by atoms with Crippen LogP contribution in [-0.2, 0) is 14.9 Å². The van der Waals surface area contributed by atoms with Gasteiger partial charge in [-0.15, -0.1) is 0 Å². The monoisotopic (exact) mass is 418 g/mol. The van der Waals surface area contributed by atoms with Crippen molar-refractivity contribution < 1.29 is 9.53 Å². The quantitative estimate of drug-likeness (QED) is 0.427. The minimum Gasteiger partial charge on any atom is -0.461 e. The van der Waals surface area contributed by atoms with E-state index in [1.807, 2.05) is 31.2 Å². The van der Waals surface area contributed by atoms with Crippen LogP contribution in [-0.4, -0.2) is 21.6 Å². The van der Waals surface area contributed by atoms with Gasteiger partial charge < -0.3 is 9.30 Å². The number of fused-ring (bicyclic) bond motifs is 1. The summed E-state index contributed by atoms with van der Waals surface area (Å²) in [6.45, 7) is 8.69. The van der Waals surface area contributed by atoms with Crippen LogP contribution in [0.4, 0.5) is 0 Å². The topological polar surface area (TPSA) is 44.1 Å². The van der Waals surface area contributed by atoms with Crippen molar-refractivity contribution in [2.24, 2.45) is 0 Å². The molecular weight excluding hydrogens is 384 g/mol. The second-order valence-electron chi connectivity index (χ2n) is 9.74. The highest BCUT2D eigenvalue weighted by Gasteiger charge is 2.29. The molecule has 1 fully saturated rings. The third kappa shape index (κ3) is 4.53. The number of ether oxygens (including phenoxy) is 1. The molecule has 0 amide bonds. The maximum absolute atomic E-state index is 13.3. The molecule has 1 unspecified atom stereocenters. The van der Waals surface area contributed by atoms with E-state index < -0.39 is 0 Å². The fourth-order valence-electron chi connectivity index (χ4n) is 4.56. The van der Waals surface area contributed by atoms with Gasteiger partial charge in [0.15, 0.2) is 0 Å². The van der Waals surface area contributed by atoms with Crippen molar-refractivity contribution in [3.05, 3.63) is 54.1 Å². The van der Waals surface area contributed by atoms with Gasteiger partial charge in [-0.2, -0.15) is 0 Å². The van der Waals surface area contributed by atoms with Crippen LogP contribution < -0.4 is 0 Å². The summed E-state index contributed by atoms with van der Waals surface area (Å²) in [5, 5.41) is 0. The standard InChI is InChI=1S/C27H34N2O2/c1-5-23(26(30)31-21-11-7-6-8-12-21)29-24-14-10-9-13-22(24)28-25(29)19-15-17-20(18-16-19)27(2,3)4/h9-10,13-18,21,23H,5-8,11-12H2,1-4H3. The average molecular weight is 419 g/mol. The van der Waals surface area contributed by atoms with E-state index in [1.54, 1.807) is 0 Å². The van der Waals surface area contributed by atoms with E-state index in [0.29, 0.717) is 6.42 Å². The molecule has 0 radical (unpaired) electrons. The Morgan fingerprint density at radius 2 is 1.74 bits per heavy atom. The molecule has 0 spiro atoms. The van der Waals surface area contributed by atoms with Gasteiger partial charge in [-0.1, -0.05) is 70.5 Å². The molecule has 4 rings (SSSR count). The molecule has 2 aromatic carbocycles. The number of carbonyl (C=O) groups is 1. The van der Waals surface area contributed by atoms with Gasteiger partial charge in [-0.25, -0.2) is 9.78 Å². The molecule has 0 aliphatic heterocycles. The maximum Gasteiger partial charge on any atom is 0.329 e. The van der Waals surface area contributed by atoms with Crippen LogP contribution in [0.2, 0.25) is 0 Å². The summed E-state index contributed by atoms with van der Waals surface area (Å²) in [5.41, 5.74) is 4.27. The Hall–Kier alpha value is -2.62. The molecule has 1 aliphatic rings. The molecule has 1 heterocycles. The average Bonchev–Trinajstić information content (AvgIpc) is 3.14. The number of hydrogen-bond acceptors (Lipinski definition) is 3. The van der Waals surface area contributed by atoms with Gasteiger partial charge >= 0.3 is 5.97 Å². The lowest BCUT2D eigenvalue weighted by Crippen LogP contribution is -2.28. The van der Waals surface area contributed by atoms with Gasteiger partial charge in [-0.05, 0) is 55.2 Å². The number of para-hydroxylation sites is 2. The number of imidazole rings is 1. The Balaban J connectivity index is 1.74. The van der Waals surface area contributed by atoms with Gasteiger partial charge in [0.2, 0.25) is 0 Å². The summed E-state index contributed by atoms with van der Waals surface area (Å²) in [5.74, 6) is 0.694. The lowest BCUT2D eigenvalue weighted by Gasteiger charge is -2.26. The fourth-order valence-corrected chi connectivity index (χ4v) is 4.56. The normalized spacial score (nSPS) is 16.4. The van der Waals surface area contributed by atoms with E-state index in [9.17, 15) is 4.79 Å². The lowest BCUT2D eigenvalue weighted by atomic mass is 9.86. The Labute approximate surface area is 185 Å². The first-order valence-electron chi connectivity index (χ1n) is 11.7. The highest BCUT2D eigenvalue weighted by Crippen LogP contribution is 2.33. The van der Waals surface area contributed by atoms with Crippen molar-refractivity contribution in [2.75, 3.05) is 0 Å². The third-order valence-corrected chi connectivity index (χ3v) is 6.41. The van der Waals surface area contributed by atoms with Gasteiger partial charge in [0.05, 0.1) is 11.0 Å². The fraction of sp³-hybridized carbons (Fsp3) is 0.481. The van der Waals surface area contributed by atoms with Crippen molar-refractivity contribution in [1.29, 1.82) is 0 Å². The highest BCUT2D eigenvalue weighted by atomic mass is 16.5. The largest absolute Gasteiger partial charge is 0.461 e. The number of nitrogens with zero attached hydrogens (tertiary/aromatic N) is 2. The van der Waals surface area contributed by atoms with Crippen molar-refractivity contribution in [1.82, 2.24) is 9.55 Å². The Morgan fingerprint density at radius 1 is 1.06 bits per heavy atom. The van der Waals surface area contributed by atoms with Crippen LogP contribution in [0.5, 0.6) is 0 Å². The molecule has 0 saturated heterocycles. The molecule has 1 atom stereocenters. The first kappa shape index (κ1) is 21.6. The van der Waals surface area contributed by atoms with Crippen molar-refractivity contribution in [3.63, 3.8) is 0 Å². The zero-order valence-electron chi connectivity index (χ0n) is 19.2. The van der Waals surface area contributed by atoms with E-state index in [0.717, 1.165) is 48.1 Å². The van der Waals surface area contributed by atoms with Crippen molar-refractivity contribution in [2.45, 2.75) is 83.8 Å². The molecule has 164 valence electrons. The second kappa shape index (κ2) is 8.86. The molecule has 31 heavy (non-hydrogen) atoms. The number of hydrogen-bond donors (Lipinski definition) is 0. The van der Waals surface area contributed by atoms with Crippen LogP contribution in [0, 0.1) is 0 Å². The van der Waals surface area contributed by atoms with Gasteiger partial charge in [0.25, 0.3) is 0 Å². The molecule has 4 heteroatoms. The van der Waals surface area contributed by atoms with E-state index in [1.165, 1.54) is 12.0 Å². The second-order valence-corrected chi connectivity index (χ2v) is 9.74.